The maximum absolute atomic E-state index is 14.0. The molecule has 0 aromatic carbocycles. The van der Waals surface area contributed by atoms with Crippen LogP contribution in [-0.4, -0.2) is 51.1 Å². The molecule has 0 saturated heterocycles. The second kappa shape index (κ2) is 9.45. The normalized spacial score (nSPS) is 17.6. The first-order valence-electron chi connectivity index (χ1n) is 8.92. The van der Waals surface area contributed by atoms with Crippen LogP contribution in [0, 0.1) is 0 Å². The molecule has 0 aromatic heterocycles. The van der Waals surface area contributed by atoms with Crippen LogP contribution in [0.4, 0.5) is 74.6 Å². The summed E-state index contributed by atoms with van der Waals surface area (Å²) in [6.45, 7) is 2.37. The van der Waals surface area contributed by atoms with Gasteiger partial charge >= 0.3 is 47.6 Å². The van der Waals surface area contributed by atoms with E-state index in [1.54, 1.807) is 6.92 Å². The quantitative estimate of drug-likeness (QED) is 0.0850. The lowest BCUT2D eigenvalue weighted by Gasteiger charge is -2.43. The molecule has 0 aliphatic rings. The summed E-state index contributed by atoms with van der Waals surface area (Å²) in [7, 11) is 0. The minimum atomic E-state index is -8.59. The van der Waals surface area contributed by atoms with Gasteiger partial charge in [-0.05, 0) is 6.42 Å². The highest BCUT2D eigenvalue weighted by molar-refractivity contribution is 14.1. The number of hydrogen-bond donors (Lipinski definition) is 0. The molecular weight excluding hydrogens is 642 g/mol. The molecule has 0 nitrogen and oxygen atoms in total. The third-order valence-electron chi connectivity index (χ3n) is 4.68. The van der Waals surface area contributed by atoms with Crippen molar-refractivity contribution < 1.29 is 74.6 Å². The van der Waals surface area contributed by atoms with E-state index in [1.807, 2.05) is 0 Å². The Balaban J connectivity index is 6.50. The largest absolute Gasteiger partial charge is 0.460 e. The van der Waals surface area contributed by atoms with Gasteiger partial charge in [-0.15, -0.1) is 0 Å². The molecule has 0 bridgehead atoms. The van der Waals surface area contributed by atoms with Gasteiger partial charge in [-0.3, -0.25) is 0 Å². The van der Waals surface area contributed by atoms with Crippen LogP contribution in [0.25, 0.3) is 0 Å². The van der Waals surface area contributed by atoms with E-state index < -0.39 is 63.9 Å². The van der Waals surface area contributed by atoms with Crippen molar-refractivity contribution in [2.75, 3.05) is 0 Å². The predicted octanol–water partition coefficient (Wildman–Crippen LogP) is 9.16. The molecule has 206 valence electrons. The van der Waals surface area contributed by atoms with Crippen molar-refractivity contribution in [1.82, 2.24) is 0 Å². The SMILES string of the molecule is CCCCCC(C)(I)CC(F)(F)C(F)(F)C(F)(F)C(F)(F)C(F)(F)C(F)(F)C(F)(F)C(F)(F)F. The molecule has 0 spiro atoms. The van der Waals surface area contributed by atoms with E-state index in [1.165, 1.54) is 0 Å². The summed E-state index contributed by atoms with van der Waals surface area (Å²) in [5.74, 6) is -55.9. The summed E-state index contributed by atoms with van der Waals surface area (Å²) in [6, 6.07) is 0. The molecule has 0 aliphatic heterocycles. The zero-order chi connectivity index (χ0) is 28.0. The summed E-state index contributed by atoms with van der Waals surface area (Å²) in [5, 5.41) is 0. The summed E-state index contributed by atoms with van der Waals surface area (Å²) in [5.41, 5.74) is 0. The average molecular weight is 658 g/mol. The molecule has 0 heterocycles. The van der Waals surface area contributed by atoms with Crippen molar-refractivity contribution >= 4 is 22.6 Å². The first-order valence-corrected chi connectivity index (χ1v) is 10.00. The van der Waals surface area contributed by atoms with Crippen LogP contribution in [-0.2, 0) is 0 Å². The average Bonchev–Trinajstić information content (AvgIpc) is 2.58. The van der Waals surface area contributed by atoms with Gasteiger partial charge in [0.2, 0.25) is 0 Å². The number of hydrogen-bond acceptors (Lipinski definition) is 0. The van der Waals surface area contributed by atoms with Crippen molar-refractivity contribution in [3.8, 4) is 0 Å². The zero-order valence-electron chi connectivity index (χ0n) is 16.8. The minimum Gasteiger partial charge on any atom is -0.200 e. The Bertz CT molecular complexity index is 692. The lowest BCUT2D eigenvalue weighted by Crippen LogP contribution is -2.74. The van der Waals surface area contributed by atoms with Gasteiger partial charge in [-0.1, -0.05) is 55.7 Å². The smallest absolute Gasteiger partial charge is 0.200 e. The third kappa shape index (κ3) is 5.29. The van der Waals surface area contributed by atoms with Crippen LogP contribution in [0.1, 0.15) is 46.0 Å². The number of alkyl halides is 18. The lowest BCUT2D eigenvalue weighted by atomic mass is 9.86. The summed E-state index contributed by atoms with van der Waals surface area (Å²) >= 11 is 1.04. The van der Waals surface area contributed by atoms with E-state index >= 15 is 0 Å². The number of unbranched alkanes of at least 4 members (excludes halogenated alkanes) is 2. The van der Waals surface area contributed by atoms with Gasteiger partial charge in [0.05, 0.1) is 0 Å². The standard InChI is InChI=1S/C16H16F17I/c1-3-4-5-6-8(2,34)7-9(17,18)10(19,20)11(21,22)12(23,24)13(25,26)14(27,28)15(29,30)16(31,32)33/h3-7H2,1-2H3. The van der Waals surface area contributed by atoms with E-state index in [2.05, 4.69) is 0 Å². The highest BCUT2D eigenvalue weighted by atomic mass is 127. The summed E-state index contributed by atoms with van der Waals surface area (Å²) < 4.78 is 223. The van der Waals surface area contributed by atoms with E-state index in [0.29, 0.717) is 12.8 Å². The molecule has 1 atom stereocenters. The summed E-state index contributed by atoms with van der Waals surface area (Å²) in [6.07, 6.45) is -9.77. The zero-order valence-corrected chi connectivity index (χ0v) is 19.0. The predicted molar refractivity (Wildman–Crippen MR) is 91.9 cm³/mol. The molecule has 34 heavy (non-hydrogen) atoms. The summed E-state index contributed by atoms with van der Waals surface area (Å²) in [4.78, 5) is 0. The van der Waals surface area contributed by atoms with Crippen molar-refractivity contribution in [2.45, 2.75) is 97.0 Å². The molecule has 0 saturated carbocycles. The maximum atomic E-state index is 14.0. The Morgan fingerprint density at radius 3 is 1.15 bits per heavy atom. The van der Waals surface area contributed by atoms with Gasteiger partial charge in [-0.2, -0.15) is 74.6 Å². The Labute approximate surface area is 194 Å². The Kier molecular flexibility index (Phi) is 9.32. The first-order chi connectivity index (χ1) is 14.5. The van der Waals surface area contributed by atoms with Crippen molar-refractivity contribution in [1.29, 1.82) is 0 Å². The second-order valence-corrected chi connectivity index (χ2v) is 10.3. The van der Waals surface area contributed by atoms with Gasteiger partial charge in [0.25, 0.3) is 0 Å². The molecular formula is C16H16F17I. The minimum absolute atomic E-state index is 0.0287. The fourth-order valence-electron chi connectivity index (χ4n) is 2.60. The Morgan fingerprint density at radius 1 is 0.500 bits per heavy atom. The van der Waals surface area contributed by atoms with Gasteiger partial charge in [-0.25, -0.2) is 0 Å². The molecule has 0 aliphatic carbocycles. The third-order valence-corrected chi connectivity index (χ3v) is 5.60. The van der Waals surface area contributed by atoms with Gasteiger partial charge in [0.15, 0.2) is 0 Å². The van der Waals surface area contributed by atoms with Crippen molar-refractivity contribution in [3.05, 3.63) is 0 Å². The molecule has 0 aromatic rings. The van der Waals surface area contributed by atoms with Crippen LogP contribution in [0.5, 0.6) is 0 Å². The fraction of sp³-hybridized carbons (Fsp3) is 1.00. The van der Waals surface area contributed by atoms with Crippen LogP contribution < -0.4 is 0 Å². The van der Waals surface area contributed by atoms with Gasteiger partial charge in [0.1, 0.15) is 0 Å². The molecule has 18 heteroatoms. The maximum Gasteiger partial charge on any atom is 0.460 e. The fourth-order valence-corrected chi connectivity index (χ4v) is 3.46. The monoisotopic (exact) mass is 658 g/mol. The number of halogens is 18. The van der Waals surface area contributed by atoms with Crippen LogP contribution in [0.3, 0.4) is 0 Å². The van der Waals surface area contributed by atoms with Gasteiger partial charge in [0, 0.05) is 9.84 Å². The van der Waals surface area contributed by atoms with Crippen molar-refractivity contribution in [3.63, 3.8) is 0 Å². The molecule has 0 fully saturated rings. The van der Waals surface area contributed by atoms with E-state index in [9.17, 15) is 74.6 Å². The molecule has 0 rings (SSSR count). The molecule has 0 N–H and O–H groups in total. The Hall–Kier alpha value is -0.460. The lowest BCUT2D eigenvalue weighted by molar-refractivity contribution is -0.462. The molecule has 0 amide bonds. The molecule has 0 radical (unpaired) electrons. The van der Waals surface area contributed by atoms with Crippen molar-refractivity contribution in [2.24, 2.45) is 0 Å². The van der Waals surface area contributed by atoms with Gasteiger partial charge < -0.3 is 0 Å². The first kappa shape index (κ1) is 33.5. The second-order valence-electron chi connectivity index (χ2n) is 7.70. The highest BCUT2D eigenvalue weighted by Crippen LogP contribution is 2.64. The Morgan fingerprint density at radius 2 is 0.824 bits per heavy atom. The van der Waals surface area contributed by atoms with Crippen LogP contribution in [0.15, 0.2) is 0 Å². The topological polar surface area (TPSA) is 0 Å². The molecule has 1 unspecified atom stereocenters. The highest BCUT2D eigenvalue weighted by Gasteiger charge is 2.95. The van der Waals surface area contributed by atoms with Crippen LogP contribution in [0.2, 0.25) is 0 Å². The van der Waals surface area contributed by atoms with E-state index in [-0.39, 0.29) is 6.42 Å². The number of rotatable bonds is 12. The van der Waals surface area contributed by atoms with E-state index in [4.69, 9.17) is 0 Å². The van der Waals surface area contributed by atoms with Crippen LogP contribution >= 0.6 is 22.6 Å². The van der Waals surface area contributed by atoms with E-state index in [0.717, 1.165) is 29.5 Å².